The van der Waals surface area contributed by atoms with Gasteiger partial charge in [-0.2, -0.15) is 0 Å². The normalized spacial score (nSPS) is 12.9. The lowest BCUT2D eigenvalue weighted by atomic mass is 9.99. The third-order valence-electron chi connectivity index (χ3n) is 8.03. The topological polar surface area (TPSA) is 157 Å². The highest BCUT2D eigenvalue weighted by Crippen LogP contribution is 2.23. The second kappa shape index (κ2) is 18.0. The van der Waals surface area contributed by atoms with Crippen molar-refractivity contribution < 1.29 is 37.8 Å². The summed E-state index contributed by atoms with van der Waals surface area (Å²) in [5, 5.41) is 28.8. The molecule has 0 aliphatic heterocycles. The Labute approximate surface area is 289 Å². The summed E-state index contributed by atoms with van der Waals surface area (Å²) in [7, 11) is 0. The van der Waals surface area contributed by atoms with E-state index in [4.69, 9.17) is 9.52 Å². The van der Waals surface area contributed by atoms with E-state index in [0.29, 0.717) is 25.2 Å². The lowest BCUT2D eigenvalue weighted by molar-refractivity contribution is 0.0755. The van der Waals surface area contributed by atoms with Gasteiger partial charge in [0.2, 0.25) is 5.89 Å². The second-order valence-electron chi connectivity index (χ2n) is 12.1. The van der Waals surface area contributed by atoms with Crippen molar-refractivity contribution in [1.29, 1.82) is 0 Å². The Morgan fingerprint density at radius 1 is 0.920 bits per heavy atom. The fraction of sp³-hybridized carbons (Fsp3) is 0.351. The Kier molecular flexibility index (Phi) is 13.6. The molecule has 11 nitrogen and oxygen atoms in total. The van der Waals surface area contributed by atoms with Gasteiger partial charge in [-0.3, -0.25) is 9.59 Å². The largest absolute Gasteiger partial charge is 0.465 e. The van der Waals surface area contributed by atoms with Crippen LogP contribution in [0.25, 0.3) is 11.5 Å². The van der Waals surface area contributed by atoms with Crippen molar-refractivity contribution >= 4 is 17.9 Å². The molecule has 1 aromatic heterocycles. The molecule has 0 spiro atoms. The quantitative estimate of drug-likeness (QED) is 0.0944. The van der Waals surface area contributed by atoms with E-state index < -0.39 is 41.8 Å². The van der Waals surface area contributed by atoms with E-state index in [0.717, 1.165) is 42.2 Å². The predicted octanol–water partition coefficient (Wildman–Crippen LogP) is 5.70. The first-order chi connectivity index (χ1) is 24.0. The third-order valence-corrected chi connectivity index (χ3v) is 8.03. The summed E-state index contributed by atoms with van der Waals surface area (Å²) >= 11 is 0. The van der Waals surface area contributed by atoms with Crippen molar-refractivity contribution in [3.8, 4) is 11.5 Å². The van der Waals surface area contributed by atoms with Crippen LogP contribution < -0.4 is 16.0 Å². The van der Waals surface area contributed by atoms with Crippen molar-refractivity contribution in [2.24, 2.45) is 0 Å². The summed E-state index contributed by atoms with van der Waals surface area (Å²) in [5.41, 5.74) is 2.56. The van der Waals surface area contributed by atoms with E-state index in [1.54, 1.807) is 30.0 Å². The zero-order valence-corrected chi connectivity index (χ0v) is 28.3. The van der Waals surface area contributed by atoms with Crippen LogP contribution in [0.2, 0.25) is 0 Å². The molecule has 3 atom stereocenters. The molecule has 1 unspecified atom stereocenters. The number of rotatable bonds is 17. The number of nitrogens with one attached hydrogen (secondary N) is 3. The van der Waals surface area contributed by atoms with Crippen LogP contribution in [0.15, 0.2) is 77.5 Å². The Balaban J connectivity index is 1.58. The second-order valence-corrected chi connectivity index (χ2v) is 12.1. The van der Waals surface area contributed by atoms with Crippen LogP contribution in [0.4, 0.5) is 13.6 Å². The Bertz CT molecular complexity index is 1730. The molecule has 3 aromatic carbocycles. The standard InChI is InChI=1S/C37H43F2N5O6/c1-4-10-44(11-5-2)36(47)29-18-27(17-28(19-29)35-41-9-12-50-35)34(46)43-32(16-25-14-30(38)20-31(39)15-25)33(45)22-40-21-24-7-6-8-26(13-24)23(3)42-37(48)49/h6-9,12-15,17-20,23,32-33,40,42,45H,4-5,10-11,16,21-22H2,1-3H3,(H,43,46)(H,48,49)/t23?,32-,33+/m0/s1. The Morgan fingerprint density at radius 3 is 2.26 bits per heavy atom. The van der Waals surface area contributed by atoms with Gasteiger partial charge in [0.1, 0.15) is 17.9 Å². The highest BCUT2D eigenvalue weighted by atomic mass is 19.1. The van der Waals surface area contributed by atoms with Gasteiger partial charge in [0.05, 0.1) is 24.4 Å². The first-order valence-electron chi connectivity index (χ1n) is 16.5. The van der Waals surface area contributed by atoms with E-state index in [2.05, 4.69) is 20.9 Å². The monoisotopic (exact) mass is 691 g/mol. The average molecular weight is 692 g/mol. The maximum atomic E-state index is 14.1. The molecule has 0 aliphatic rings. The smallest absolute Gasteiger partial charge is 0.405 e. The van der Waals surface area contributed by atoms with Crippen molar-refractivity contribution in [3.63, 3.8) is 0 Å². The van der Waals surface area contributed by atoms with Crippen LogP contribution in [-0.2, 0) is 13.0 Å². The molecule has 3 amide bonds. The molecule has 4 rings (SSSR count). The molecule has 0 aliphatic carbocycles. The van der Waals surface area contributed by atoms with Gasteiger partial charge in [0.25, 0.3) is 11.8 Å². The summed E-state index contributed by atoms with van der Waals surface area (Å²) < 4.78 is 33.7. The van der Waals surface area contributed by atoms with E-state index >= 15 is 0 Å². The molecular weight excluding hydrogens is 648 g/mol. The lowest BCUT2D eigenvalue weighted by Gasteiger charge is -2.25. The number of nitrogens with zero attached hydrogens (tertiary/aromatic N) is 2. The Morgan fingerprint density at radius 2 is 1.62 bits per heavy atom. The molecule has 4 aromatic rings. The van der Waals surface area contributed by atoms with E-state index in [-0.39, 0.29) is 41.5 Å². The van der Waals surface area contributed by atoms with Gasteiger partial charge in [-0.15, -0.1) is 0 Å². The minimum atomic E-state index is -1.22. The van der Waals surface area contributed by atoms with Crippen molar-refractivity contribution in [2.45, 2.75) is 64.8 Å². The molecule has 266 valence electrons. The van der Waals surface area contributed by atoms with E-state index in [1.807, 2.05) is 26.0 Å². The summed E-state index contributed by atoms with van der Waals surface area (Å²) in [4.78, 5) is 44.4. The number of carbonyl (C=O) groups is 3. The molecule has 0 saturated heterocycles. The molecule has 0 radical (unpaired) electrons. The molecule has 13 heteroatoms. The SMILES string of the molecule is CCCN(CCC)C(=O)c1cc(C(=O)N[C@@H](Cc2cc(F)cc(F)c2)[C@H](O)CNCc2cccc(C(C)NC(=O)O)c2)cc(-c2ncco2)c1. The minimum absolute atomic E-state index is 0.0149. The van der Waals surface area contributed by atoms with Gasteiger partial charge in [-0.1, -0.05) is 38.1 Å². The van der Waals surface area contributed by atoms with Crippen molar-refractivity contribution in [2.75, 3.05) is 19.6 Å². The number of carbonyl (C=O) groups excluding carboxylic acids is 2. The number of amides is 3. The van der Waals surface area contributed by atoms with Crippen LogP contribution in [-0.4, -0.2) is 69.8 Å². The molecule has 50 heavy (non-hydrogen) atoms. The maximum Gasteiger partial charge on any atom is 0.405 e. The van der Waals surface area contributed by atoms with Gasteiger partial charge in [-0.25, -0.2) is 18.6 Å². The van der Waals surface area contributed by atoms with Gasteiger partial charge >= 0.3 is 6.09 Å². The van der Waals surface area contributed by atoms with Gasteiger partial charge in [0.15, 0.2) is 0 Å². The number of halogens is 2. The molecule has 0 fully saturated rings. The zero-order valence-electron chi connectivity index (χ0n) is 28.3. The summed E-state index contributed by atoms with van der Waals surface area (Å²) in [6.07, 6.45) is 1.86. The molecule has 5 N–H and O–H groups in total. The molecule has 0 bridgehead atoms. The van der Waals surface area contributed by atoms with Crippen LogP contribution >= 0.6 is 0 Å². The number of aliphatic hydroxyl groups excluding tert-OH is 1. The van der Waals surface area contributed by atoms with Gasteiger partial charge in [0, 0.05) is 48.9 Å². The first kappa shape index (κ1) is 37.7. The van der Waals surface area contributed by atoms with Crippen LogP contribution in [0, 0.1) is 11.6 Å². The van der Waals surface area contributed by atoms with Gasteiger partial charge in [-0.05, 0) is 73.2 Å². The summed E-state index contributed by atoms with van der Waals surface area (Å²) in [6, 6.07) is 13.4. The van der Waals surface area contributed by atoms with Crippen LogP contribution in [0.3, 0.4) is 0 Å². The van der Waals surface area contributed by atoms with Crippen LogP contribution in [0.1, 0.15) is 77.1 Å². The number of aliphatic hydroxyl groups is 1. The highest BCUT2D eigenvalue weighted by Gasteiger charge is 2.25. The lowest BCUT2D eigenvalue weighted by Crippen LogP contribution is -2.48. The minimum Gasteiger partial charge on any atom is -0.465 e. The number of oxazole rings is 1. The van der Waals surface area contributed by atoms with Crippen molar-refractivity contribution in [1.82, 2.24) is 25.8 Å². The summed E-state index contributed by atoms with van der Waals surface area (Å²) in [6.45, 7) is 7.02. The molecular formula is C37H43F2N5O6. The van der Waals surface area contributed by atoms with E-state index in [1.165, 1.54) is 24.6 Å². The maximum absolute atomic E-state index is 14.1. The number of aromatic nitrogens is 1. The molecule has 0 saturated carbocycles. The fourth-order valence-electron chi connectivity index (χ4n) is 5.67. The molecule has 1 heterocycles. The summed E-state index contributed by atoms with van der Waals surface area (Å²) in [5.74, 6) is -2.27. The predicted molar refractivity (Wildman–Crippen MR) is 183 cm³/mol. The van der Waals surface area contributed by atoms with E-state index in [9.17, 15) is 28.3 Å². The zero-order chi connectivity index (χ0) is 36.2. The van der Waals surface area contributed by atoms with Gasteiger partial charge < -0.3 is 35.5 Å². The fourth-order valence-corrected chi connectivity index (χ4v) is 5.67. The average Bonchev–Trinajstić information content (AvgIpc) is 3.62. The highest BCUT2D eigenvalue weighted by molar-refractivity contribution is 6.01. The van der Waals surface area contributed by atoms with Crippen LogP contribution in [0.5, 0.6) is 0 Å². The Hall–Kier alpha value is -5.14. The number of carboxylic acid groups (broad SMARTS) is 1. The van der Waals surface area contributed by atoms with Crippen molar-refractivity contribution in [3.05, 3.63) is 113 Å². The number of benzene rings is 3. The third kappa shape index (κ3) is 10.7. The number of hydrogen-bond donors (Lipinski definition) is 5. The first-order valence-corrected chi connectivity index (χ1v) is 16.5. The number of hydrogen-bond acceptors (Lipinski definition) is 7.